The van der Waals surface area contributed by atoms with Gasteiger partial charge in [-0.05, 0) is 108 Å². The van der Waals surface area contributed by atoms with Gasteiger partial charge >= 0.3 is 0 Å². The van der Waals surface area contributed by atoms with E-state index in [-0.39, 0.29) is 30.1 Å². The molecule has 1 aliphatic carbocycles. The summed E-state index contributed by atoms with van der Waals surface area (Å²) >= 11 is 0. The molecule has 0 aromatic heterocycles. The van der Waals surface area contributed by atoms with Crippen LogP contribution in [0.2, 0.25) is 0 Å². The molecule has 3 atom stereocenters. The van der Waals surface area contributed by atoms with Gasteiger partial charge in [0.1, 0.15) is 11.8 Å². The minimum atomic E-state index is -0.578. The molecule has 2 fully saturated rings. The highest BCUT2D eigenvalue weighted by Crippen LogP contribution is 2.47. The first-order chi connectivity index (χ1) is 24.4. The molecule has 8 nitrogen and oxygen atoms in total. The second kappa shape index (κ2) is 13.8. The summed E-state index contributed by atoms with van der Waals surface area (Å²) in [7, 11) is 0. The van der Waals surface area contributed by atoms with E-state index >= 15 is 0 Å². The SMILES string of the molecule is O=C1CCC(N2Cc3cc(CCCN4CCN(c5ccc([C@@H]6c7ccc(O)cc7CC[C@@H]6c6ccccc6)cc5)CC4)ccc3C2=O)C(=O)N1. The number of hydrogen-bond acceptors (Lipinski definition) is 6. The minimum absolute atomic E-state index is 0.120. The molecule has 4 aromatic rings. The van der Waals surface area contributed by atoms with E-state index in [1.54, 1.807) is 4.90 Å². The fourth-order valence-electron chi connectivity index (χ4n) is 8.69. The molecule has 0 radical (unpaired) electrons. The fourth-order valence-corrected chi connectivity index (χ4v) is 8.69. The Labute approximate surface area is 293 Å². The van der Waals surface area contributed by atoms with Crippen molar-refractivity contribution in [1.82, 2.24) is 15.1 Å². The molecule has 3 amide bonds. The number of rotatable bonds is 8. The predicted molar refractivity (Wildman–Crippen MR) is 193 cm³/mol. The van der Waals surface area contributed by atoms with E-state index in [4.69, 9.17) is 0 Å². The summed E-state index contributed by atoms with van der Waals surface area (Å²) in [4.78, 5) is 43.7. The van der Waals surface area contributed by atoms with Crippen molar-refractivity contribution >= 4 is 23.4 Å². The number of imide groups is 1. The third-order valence-corrected chi connectivity index (χ3v) is 11.3. The number of phenolic OH excluding ortho intramolecular Hbond substituents is 1. The number of piperidine rings is 1. The number of nitrogens with zero attached hydrogens (tertiary/aromatic N) is 3. The number of amides is 3. The van der Waals surface area contributed by atoms with Gasteiger partial charge in [0.2, 0.25) is 11.8 Å². The second-order valence-electron chi connectivity index (χ2n) is 14.3. The van der Waals surface area contributed by atoms with Crippen molar-refractivity contribution in [3.63, 3.8) is 0 Å². The Kier molecular flexibility index (Phi) is 8.87. The highest BCUT2D eigenvalue weighted by molar-refractivity contribution is 6.05. The van der Waals surface area contributed by atoms with Crippen LogP contribution in [0.4, 0.5) is 5.69 Å². The van der Waals surface area contributed by atoms with E-state index in [0.29, 0.717) is 30.2 Å². The zero-order chi connectivity index (χ0) is 34.2. The standard InChI is InChI=1S/C42H44N4O4/c47-34-14-17-36-31(26-34)11-16-35(29-6-2-1-3-7-29)40(36)30-9-12-33(13-10-30)45-23-21-44(22-24-45)20-4-5-28-8-15-37-32(25-28)27-46(42(37)50)38-18-19-39(48)43-41(38)49/h1-3,6-10,12-15,17,25-26,35,38,40,47H,4-5,11,16,18-24,27H2,(H,43,48,49)/t35-,38?,40+/m1/s1. The molecule has 2 saturated heterocycles. The number of fused-ring (bicyclic) bond motifs is 2. The van der Waals surface area contributed by atoms with Gasteiger partial charge < -0.3 is 14.9 Å². The van der Waals surface area contributed by atoms with Crippen molar-refractivity contribution in [3.05, 3.63) is 130 Å². The van der Waals surface area contributed by atoms with Crippen LogP contribution in [-0.2, 0) is 29.0 Å². The highest BCUT2D eigenvalue weighted by atomic mass is 16.3. The summed E-state index contributed by atoms with van der Waals surface area (Å²) in [6, 6.07) is 31.5. The van der Waals surface area contributed by atoms with E-state index in [1.165, 1.54) is 33.5 Å². The molecule has 50 heavy (non-hydrogen) atoms. The fraction of sp³-hybridized carbons (Fsp3) is 0.357. The number of anilines is 1. The van der Waals surface area contributed by atoms with E-state index in [9.17, 15) is 19.5 Å². The van der Waals surface area contributed by atoms with Gasteiger partial charge in [-0.2, -0.15) is 0 Å². The molecule has 4 aliphatic rings. The van der Waals surface area contributed by atoms with Crippen LogP contribution in [0.1, 0.15) is 81.3 Å². The van der Waals surface area contributed by atoms with Gasteiger partial charge in [-0.25, -0.2) is 0 Å². The van der Waals surface area contributed by atoms with Gasteiger partial charge in [-0.3, -0.25) is 24.6 Å². The average molecular weight is 669 g/mol. The summed E-state index contributed by atoms with van der Waals surface area (Å²) in [5.41, 5.74) is 9.41. The summed E-state index contributed by atoms with van der Waals surface area (Å²) in [5.74, 6) is 0.236. The molecule has 3 heterocycles. The number of hydrogen-bond donors (Lipinski definition) is 2. The molecule has 2 N–H and O–H groups in total. The number of carbonyl (C=O) groups is 3. The molecular weight excluding hydrogens is 624 g/mol. The molecule has 0 bridgehead atoms. The third kappa shape index (κ3) is 6.40. The minimum Gasteiger partial charge on any atom is -0.508 e. The average Bonchev–Trinajstić information content (AvgIpc) is 3.46. The molecule has 4 aromatic carbocycles. The topological polar surface area (TPSA) is 93.2 Å². The van der Waals surface area contributed by atoms with Crippen molar-refractivity contribution in [3.8, 4) is 5.75 Å². The second-order valence-corrected chi connectivity index (χ2v) is 14.3. The Morgan fingerprint density at radius 2 is 1.56 bits per heavy atom. The molecule has 0 spiro atoms. The molecule has 256 valence electrons. The summed E-state index contributed by atoms with van der Waals surface area (Å²) in [6.45, 7) is 5.49. The zero-order valence-corrected chi connectivity index (χ0v) is 28.4. The Morgan fingerprint density at radius 1 is 0.760 bits per heavy atom. The van der Waals surface area contributed by atoms with Gasteiger partial charge in [-0.1, -0.05) is 60.7 Å². The van der Waals surface area contributed by atoms with Gasteiger partial charge in [0.25, 0.3) is 5.91 Å². The Hall–Kier alpha value is -4.95. The Balaban J connectivity index is 0.855. The summed E-state index contributed by atoms with van der Waals surface area (Å²) < 4.78 is 0. The molecule has 8 rings (SSSR count). The first kappa shape index (κ1) is 32.3. The van der Waals surface area contributed by atoms with Crippen LogP contribution in [0.25, 0.3) is 0 Å². The molecular formula is C42H44N4O4. The van der Waals surface area contributed by atoms with Crippen molar-refractivity contribution in [2.24, 2.45) is 0 Å². The molecule has 0 saturated carbocycles. The largest absolute Gasteiger partial charge is 0.508 e. The normalized spacial score (nSPS) is 22.3. The maximum Gasteiger partial charge on any atom is 0.255 e. The van der Waals surface area contributed by atoms with Crippen LogP contribution in [0.15, 0.2) is 91.0 Å². The smallest absolute Gasteiger partial charge is 0.255 e. The number of aryl methyl sites for hydroxylation is 2. The van der Waals surface area contributed by atoms with Gasteiger partial charge in [0.15, 0.2) is 0 Å². The number of piperazine rings is 1. The van der Waals surface area contributed by atoms with Gasteiger partial charge in [0, 0.05) is 56.3 Å². The maximum absolute atomic E-state index is 13.0. The first-order valence-electron chi connectivity index (χ1n) is 18.1. The van der Waals surface area contributed by atoms with Crippen LogP contribution in [0, 0.1) is 0 Å². The van der Waals surface area contributed by atoms with E-state index in [0.717, 1.165) is 64.0 Å². The number of carbonyl (C=O) groups excluding carboxylic acids is 3. The third-order valence-electron chi connectivity index (χ3n) is 11.3. The van der Waals surface area contributed by atoms with Crippen LogP contribution < -0.4 is 10.2 Å². The number of nitrogens with one attached hydrogen (secondary N) is 1. The van der Waals surface area contributed by atoms with E-state index in [2.05, 4.69) is 81.8 Å². The van der Waals surface area contributed by atoms with Crippen LogP contribution >= 0.6 is 0 Å². The molecule has 3 aliphatic heterocycles. The van der Waals surface area contributed by atoms with Crippen LogP contribution in [0.5, 0.6) is 5.75 Å². The van der Waals surface area contributed by atoms with Gasteiger partial charge in [-0.15, -0.1) is 0 Å². The quantitative estimate of drug-likeness (QED) is 0.232. The number of benzene rings is 4. The van der Waals surface area contributed by atoms with E-state index in [1.807, 2.05) is 24.3 Å². The van der Waals surface area contributed by atoms with Crippen molar-refractivity contribution in [1.29, 1.82) is 0 Å². The van der Waals surface area contributed by atoms with Crippen molar-refractivity contribution in [2.45, 2.75) is 62.9 Å². The monoisotopic (exact) mass is 668 g/mol. The number of aromatic hydroxyl groups is 1. The zero-order valence-electron chi connectivity index (χ0n) is 28.4. The Morgan fingerprint density at radius 3 is 2.34 bits per heavy atom. The number of phenols is 1. The lowest BCUT2D eigenvalue weighted by atomic mass is 9.69. The molecule has 1 unspecified atom stereocenters. The maximum atomic E-state index is 13.0. The lowest BCUT2D eigenvalue weighted by Gasteiger charge is -2.37. The van der Waals surface area contributed by atoms with E-state index < -0.39 is 6.04 Å². The molecule has 8 heteroatoms. The summed E-state index contributed by atoms with van der Waals surface area (Å²) in [6.07, 6.45) is 4.66. The Bertz CT molecular complexity index is 1900. The lowest BCUT2D eigenvalue weighted by molar-refractivity contribution is -0.136. The van der Waals surface area contributed by atoms with Crippen molar-refractivity contribution in [2.75, 3.05) is 37.6 Å². The highest BCUT2D eigenvalue weighted by Gasteiger charge is 2.39. The predicted octanol–water partition coefficient (Wildman–Crippen LogP) is 5.77. The van der Waals surface area contributed by atoms with Crippen LogP contribution in [0.3, 0.4) is 0 Å². The summed E-state index contributed by atoms with van der Waals surface area (Å²) in [5, 5.41) is 12.6. The lowest BCUT2D eigenvalue weighted by Crippen LogP contribution is -2.52. The van der Waals surface area contributed by atoms with Gasteiger partial charge in [0.05, 0.1) is 0 Å². The van der Waals surface area contributed by atoms with Crippen molar-refractivity contribution < 1.29 is 19.5 Å². The van der Waals surface area contributed by atoms with Crippen LogP contribution in [-0.4, -0.2) is 71.4 Å². The first-order valence-corrected chi connectivity index (χ1v) is 18.1.